The molecule has 102 valence electrons. The molecule has 0 aliphatic rings. The number of benzene rings is 1. The third-order valence-electron chi connectivity index (χ3n) is 2.89. The van der Waals surface area contributed by atoms with Gasteiger partial charge in [-0.2, -0.15) is 0 Å². The molecule has 0 saturated heterocycles. The van der Waals surface area contributed by atoms with E-state index in [0.29, 0.717) is 12.0 Å². The van der Waals surface area contributed by atoms with E-state index >= 15 is 0 Å². The Morgan fingerprint density at radius 1 is 1.39 bits per heavy atom. The molecule has 1 rings (SSSR count). The summed E-state index contributed by atoms with van der Waals surface area (Å²) < 4.78 is 6.21. The summed E-state index contributed by atoms with van der Waals surface area (Å²) in [5, 5.41) is 12.9. The smallest absolute Gasteiger partial charge is 0.129 e. The van der Waals surface area contributed by atoms with Crippen LogP contribution in [-0.4, -0.2) is 24.4 Å². The van der Waals surface area contributed by atoms with Crippen LogP contribution in [0, 0.1) is 5.92 Å². The van der Waals surface area contributed by atoms with Crippen molar-refractivity contribution in [1.29, 1.82) is 0 Å². The van der Waals surface area contributed by atoms with Crippen LogP contribution in [0.3, 0.4) is 0 Å². The minimum atomic E-state index is 0.272. The Kier molecular flexibility index (Phi) is 6.68. The molecule has 0 saturated carbocycles. The summed E-state index contributed by atoms with van der Waals surface area (Å²) in [6.07, 6.45) is 0. The van der Waals surface area contributed by atoms with E-state index in [1.54, 1.807) is 6.07 Å². The fourth-order valence-electron chi connectivity index (χ4n) is 1.64. The van der Waals surface area contributed by atoms with Gasteiger partial charge < -0.3 is 15.2 Å². The monoisotopic (exact) mass is 315 g/mol. The molecular weight excluding hydrogens is 294 g/mol. The molecule has 4 heteroatoms. The van der Waals surface area contributed by atoms with Crippen molar-refractivity contribution in [2.45, 2.75) is 33.4 Å². The van der Waals surface area contributed by atoms with Gasteiger partial charge >= 0.3 is 0 Å². The predicted octanol–water partition coefficient (Wildman–Crippen LogP) is 3.31. The first-order chi connectivity index (χ1) is 8.54. The Morgan fingerprint density at radius 2 is 2.11 bits per heavy atom. The third-order valence-corrected chi connectivity index (χ3v) is 3.52. The normalized spacial score (nSPS) is 12.9. The van der Waals surface area contributed by atoms with Crippen LogP contribution in [0.4, 0.5) is 0 Å². The van der Waals surface area contributed by atoms with Gasteiger partial charge in [0.15, 0.2) is 0 Å². The molecule has 0 spiro atoms. The van der Waals surface area contributed by atoms with Crippen molar-refractivity contribution in [3.05, 3.63) is 28.2 Å². The summed E-state index contributed by atoms with van der Waals surface area (Å²) in [5.41, 5.74) is 1.14. The molecule has 0 aromatic heterocycles. The lowest BCUT2D eigenvalue weighted by Crippen LogP contribution is -2.37. The zero-order chi connectivity index (χ0) is 13.5. The van der Waals surface area contributed by atoms with E-state index in [1.165, 1.54) is 0 Å². The molecule has 0 fully saturated rings. The highest BCUT2D eigenvalue weighted by Gasteiger charge is 2.12. The number of ether oxygens (including phenoxy) is 1. The van der Waals surface area contributed by atoms with E-state index in [1.807, 2.05) is 19.1 Å². The van der Waals surface area contributed by atoms with Gasteiger partial charge in [-0.1, -0.05) is 19.9 Å². The molecule has 0 amide bonds. The van der Waals surface area contributed by atoms with E-state index < -0.39 is 0 Å². The number of phenolic OH excluding ortho intramolecular Hbond substituents is 1. The molecule has 1 unspecified atom stereocenters. The zero-order valence-corrected chi connectivity index (χ0v) is 12.8. The van der Waals surface area contributed by atoms with Crippen LogP contribution in [0.15, 0.2) is 22.7 Å². The molecule has 0 aliphatic heterocycles. The van der Waals surface area contributed by atoms with Crippen LogP contribution in [0.5, 0.6) is 5.75 Å². The van der Waals surface area contributed by atoms with Gasteiger partial charge in [-0.15, -0.1) is 0 Å². The molecule has 3 nitrogen and oxygen atoms in total. The lowest BCUT2D eigenvalue weighted by molar-refractivity contribution is 0.108. The van der Waals surface area contributed by atoms with E-state index in [9.17, 15) is 5.11 Å². The largest absolute Gasteiger partial charge is 0.507 e. The Morgan fingerprint density at radius 3 is 2.67 bits per heavy atom. The molecule has 18 heavy (non-hydrogen) atoms. The second kappa shape index (κ2) is 7.77. The number of hydrogen-bond donors (Lipinski definition) is 2. The van der Waals surface area contributed by atoms with E-state index in [-0.39, 0.29) is 5.75 Å². The summed E-state index contributed by atoms with van der Waals surface area (Å²) in [4.78, 5) is 0. The lowest BCUT2D eigenvalue weighted by atomic mass is 10.0. The molecule has 0 bridgehead atoms. The van der Waals surface area contributed by atoms with Gasteiger partial charge in [0.1, 0.15) is 5.75 Å². The van der Waals surface area contributed by atoms with Gasteiger partial charge in [0.2, 0.25) is 0 Å². The summed E-state index contributed by atoms with van der Waals surface area (Å²) in [5.74, 6) is 0.797. The molecule has 1 aromatic rings. The quantitative estimate of drug-likeness (QED) is 0.811. The molecule has 1 atom stereocenters. The highest BCUT2D eigenvalue weighted by atomic mass is 79.9. The van der Waals surface area contributed by atoms with Crippen molar-refractivity contribution in [2.75, 3.05) is 13.2 Å². The van der Waals surface area contributed by atoms with Gasteiger partial charge in [0.25, 0.3) is 0 Å². The summed E-state index contributed by atoms with van der Waals surface area (Å²) in [6.45, 7) is 8.62. The molecule has 1 aromatic carbocycles. The second-order valence-corrected chi connectivity index (χ2v) is 5.53. The SMILES string of the molecule is CCOCC(NCc1ccc(O)c(Br)c1)C(C)C. The van der Waals surface area contributed by atoms with Gasteiger partial charge in [-0.05, 0) is 46.5 Å². The molecule has 0 radical (unpaired) electrons. The fraction of sp³-hybridized carbons (Fsp3) is 0.571. The van der Waals surface area contributed by atoms with Crippen LogP contribution < -0.4 is 5.32 Å². The minimum Gasteiger partial charge on any atom is -0.507 e. The predicted molar refractivity (Wildman–Crippen MR) is 77.8 cm³/mol. The Hall–Kier alpha value is -0.580. The highest BCUT2D eigenvalue weighted by molar-refractivity contribution is 9.10. The van der Waals surface area contributed by atoms with Crippen molar-refractivity contribution in [1.82, 2.24) is 5.32 Å². The van der Waals surface area contributed by atoms with Crippen molar-refractivity contribution >= 4 is 15.9 Å². The van der Waals surface area contributed by atoms with Crippen molar-refractivity contribution in [2.24, 2.45) is 5.92 Å². The van der Waals surface area contributed by atoms with Crippen LogP contribution in [0.1, 0.15) is 26.3 Å². The van der Waals surface area contributed by atoms with Gasteiger partial charge in [-0.3, -0.25) is 0 Å². The number of phenols is 1. The van der Waals surface area contributed by atoms with Crippen LogP contribution in [0.25, 0.3) is 0 Å². The maximum atomic E-state index is 9.44. The fourth-order valence-corrected chi connectivity index (χ4v) is 2.07. The third kappa shape index (κ3) is 4.96. The average Bonchev–Trinajstić information content (AvgIpc) is 2.33. The first kappa shape index (κ1) is 15.5. The number of aromatic hydroxyl groups is 1. The van der Waals surface area contributed by atoms with Gasteiger partial charge in [-0.25, -0.2) is 0 Å². The first-order valence-corrected chi connectivity index (χ1v) is 7.12. The number of hydrogen-bond acceptors (Lipinski definition) is 3. The maximum absolute atomic E-state index is 9.44. The van der Waals surface area contributed by atoms with Crippen molar-refractivity contribution < 1.29 is 9.84 Å². The molecule has 2 N–H and O–H groups in total. The van der Waals surface area contributed by atoms with E-state index in [4.69, 9.17) is 4.74 Å². The highest BCUT2D eigenvalue weighted by Crippen LogP contribution is 2.24. The van der Waals surface area contributed by atoms with Crippen molar-refractivity contribution in [3.63, 3.8) is 0 Å². The summed E-state index contributed by atoms with van der Waals surface area (Å²) in [7, 11) is 0. The average molecular weight is 316 g/mol. The number of halogens is 1. The first-order valence-electron chi connectivity index (χ1n) is 6.33. The van der Waals surface area contributed by atoms with Crippen LogP contribution in [0.2, 0.25) is 0 Å². The molecule has 0 aliphatic carbocycles. The van der Waals surface area contributed by atoms with E-state index in [0.717, 1.165) is 29.8 Å². The second-order valence-electron chi connectivity index (χ2n) is 4.68. The van der Waals surface area contributed by atoms with Gasteiger partial charge in [0.05, 0.1) is 11.1 Å². The Labute approximate surface area is 118 Å². The lowest BCUT2D eigenvalue weighted by Gasteiger charge is -2.22. The van der Waals surface area contributed by atoms with Crippen molar-refractivity contribution in [3.8, 4) is 5.75 Å². The standard InChI is InChI=1S/C14H22BrNO2/c1-4-18-9-13(10(2)3)16-8-11-5-6-14(17)12(15)7-11/h5-7,10,13,16-17H,4,8-9H2,1-3H3. The zero-order valence-electron chi connectivity index (χ0n) is 11.2. The molecular formula is C14H22BrNO2. The molecule has 0 heterocycles. The summed E-state index contributed by atoms with van der Waals surface area (Å²) >= 11 is 3.32. The minimum absolute atomic E-state index is 0.272. The van der Waals surface area contributed by atoms with E-state index in [2.05, 4.69) is 35.1 Å². The summed E-state index contributed by atoms with van der Waals surface area (Å²) in [6, 6.07) is 5.90. The topological polar surface area (TPSA) is 41.5 Å². The van der Waals surface area contributed by atoms with Gasteiger partial charge in [0, 0.05) is 19.2 Å². The number of rotatable bonds is 7. The Balaban J connectivity index is 2.52. The number of nitrogens with one attached hydrogen (secondary N) is 1. The van der Waals surface area contributed by atoms with Crippen LogP contribution >= 0.6 is 15.9 Å². The Bertz CT molecular complexity index is 369. The van der Waals surface area contributed by atoms with Crippen LogP contribution in [-0.2, 0) is 11.3 Å². The maximum Gasteiger partial charge on any atom is 0.129 e.